The highest BCUT2D eigenvalue weighted by Gasteiger charge is 2.34. The minimum Gasteiger partial charge on any atom is -0.333 e. The molecular weight excluding hydrogens is 338 g/mol. The van der Waals surface area contributed by atoms with Gasteiger partial charge in [-0.3, -0.25) is 9.89 Å². The number of aromatic nitrogens is 2. The summed E-state index contributed by atoms with van der Waals surface area (Å²) in [6.07, 6.45) is -1.68. The van der Waals surface area contributed by atoms with Crippen molar-refractivity contribution in [1.82, 2.24) is 15.1 Å². The lowest BCUT2D eigenvalue weighted by atomic mass is 10.1. The van der Waals surface area contributed by atoms with Crippen LogP contribution in [0.4, 0.5) is 17.6 Å². The summed E-state index contributed by atoms with van der Waals surface area (Å²) >= 11 is 0. The molecule has 1 aliphatic rings. The molecule has 0 unspecified atom stereocenters. The summed E-state index contributed by atoms with van der Waals surface area (Å²) in [6, 6.07) is 6.72. The van der Waals surface area contributed by atoms with Crippen molar-refractivity contribution in [2.24, 2.45) is 5.92 Å². The van der Waals surface area contributed by atoms with Crippen LogP contribution in [0.5, 0.6) is 0 Å². The first-order chi connectivity index (χ1) is 11.8. The highest BCUT2D eigenvalue weighted by atomic mass is 19.4. The molecule has 1 fully saturated rings. The van der Waals surface area contributed by atoms with Gasteiger partial charge in [-0.2, -0.15) is 18.3 Å². The van der Waals surface area contributed by atoms with E-state index in [1.54, 1.807) is 18.2 Å². The second kappa shape index (κ2) is 6.85. The van der Waals surface area contributed by atoms with E-state index >= 15 is 0 Å². The molecule has 25 heavy (non-hydrogen) atoms. The van der Waals surface area contributed by atoms with Crippen molar-refractivity contribution < 1.29 is 22.4 Å². The molecule has 1 saturated carbocycles. The standard InChI is InChI=1S/C17H17F4N3O/c18-13-4-2-1-3-12(13)10-24(8-7-11-5-6-11)16(25)14-9-15(23-22-14)17(19,20)21/h1-4,9,11H,5-8,10H2,(H,22,23). The van der Waals surface area contributed by atoms with Crippen LogP contribution in [0, 0.1) is 11.7 Å². The number of amides is 1. The molecule has 8 heteroatoms. The third-order valence-electron chi connectivity index (χ3n) is 4.21. The van der Waals surface area contributed by atoms with E-state index in [2.05, 4.69) is 5.10 Å². The predicted octanol–water partition coefficient (Wildman–Crippen LogP) is 4.01. The number of benzene rings is 1. The van der Waals surface area contributed by atoms with Gasteiger partial charge < -0.3 is 4.90 Å². The highest BCUT2D eigenvalue weighted by Crippen LogP contribution is 2.33. The average Bonchev–Trinajstić information content (AvgIpc) is 3.24. The fourth-order valence-electron chi connectivity index (χ4n) is 2.57. The number of carbonyl (C=O) groups is 1. The number of aromatic amines is 1. The van der Waals surface area contributed by atoms with Gasteiger partial charge in [-0.25, -0.2) is 4.39 Å². The van der Waals surface area contributed by atoms with E-state index in [1.165, 1.54) is 11.0 Å². The molecule has 1 aromatic heterocycles. The summed E-state index contributed by atoms with van der Waals surface area (Å²) in [6.45, 7) is 0.346. The van der Waals surface area contributed by atoms with Gasteiger partial charge in [0.25, 0.3) is 5.91 Å². The third kappa shape index (κ3) is 4.37. The van der Waals surface area contributed by atoms with Crippen molar-refractivity contribution in [3.63, 3.8) is 0 Å². The van der Waals surface area contributed by atoms with E-state index in [1.807, 2.05) is 5.10 Å². The largest absolute Gasteiger partial charge is 0.432 e. The van der Waals surface area contributed by atoms with Gasteiger partial charge in [-0.1, -0.05) is 31.0 Å². The molecule has 1 heterocycles. The predicted molar refractivity (Wildman–Crippen MR) is 82.1 cm³/mol. The average molecular weight is 355 g/mol. The van der Waals surface area contributed by atoms with Crippen LogP contribution in [0.25, 0.3) is 0 Å². The first kappa shape index (κ1) is 17.4. The van der Waals surface area contributed by atoms with Crippen molar-refractivity contribution in [2.45, 2.75) is 32.0 Å². The highest BCUT2D eigenvalue weighted by molar-refractivity contribution is 5.92. The van der Waals surface area contributed by atoms with E-state index in [0.717, 1.165) is 19.3 Å². The van der Waals surface area contributed by atoms with Crippen molar-refractivity contribution in [3.05, 3.63) is 53.1 Å². The summed E-state index contributed by atoms with van der Waals surface area (Å²) in [5.74, 6) is -0.568. The maximum atomic E-state index is 13.9. The fraction of sp³-hybridized carbons (Fsp3) is 0.412. The van der Waals surface area contributed by atoms with E-state index in [-0.39, 0.29) is 12.2 Å². The van der Waals surface area contributed by atoms with Crippen molar-refractivity contribution in [2.75, 3.05) is 6.54 Å². The van der Waals surface area contributed by atoms with Gasteiger partial charge in [0.05, 0.1) is 0 Å². The van der Waals surface area contributed by atoms with Gasteiger partial charge in [-0.05, 0) is 18.4 Å². The second-order valence-corrected chi connectivity index (χ2v) is 6.21. The van der Waals surface area contributed by atoms with Crippen LogP contribution in [0.3, 0.4) is 0 Å². The Morgan fingerprint density at radius 1 is 1.28 bits per heavy atom. The molecule has 1 aliphatic carbocycles. The molecule has 1 N–H and O–H groups in total. The molecule has 4 nitrogen and oxygen atoms in total. The molecule has 0 spiro atoms. The molecule has 2 aromatic rings. The van der Waals surface area contributed by atoms with Crippen molar-refractivity contribution in [3.8, 4) is 0 Å². The number of nitrogens with one attached hydrogen (secondary N) is 1. The van der Waals surface area contributed by atoms with E-state index in [9.17, 15) is 22.4 Å². The summed E-state index contributed by atoms with van der Waals surface area (Å²) in [7, 11) is 0. The lowest BCUT2D eigenvalue weighted by molar-refractivity contribution is -0.141. The van der Waals surface area contributed by atoms with Gasteiger partial charge in [-0.15, -0.1) is 0 Å². The normalized spacial score (nSPS) is 14.6. The minimum atomic E-state index is -4.60. The van der Waals surface area contributed by atoms with Crippen molar-refractivity contribution >= 4 is 5.91 Å². The maximum absolute atomic E-state index is 13.9. The van der Waals surface area contributed by atoms with Crippen molar-refractivity contribution in [1.29, 1.82) is 0 Å². The molecule has 0 radical (unpaired) electrons. The topological polar surface area (TPSA) is 49.0 Å². The van der Waals surface area contributed by atoms with Crippen LogP contribution in [0.1, 0.15) is 41.0 Å². The zero-order chi connectivity index (χ0) is 18.0. The third-order valence-corrected chi connectivity index (χ3v) is 4.21. The van der Waals surface area contributed by atoms with Crippen LogP contribution < -0.4 is 0 Å². The van der Waals surface area contributed by atoms with Gasteiger partial charge in [0.15, 0.2) is 5.69 Å². The Kier molecular flexibility index (Phi) is 4.78. The summed E-state index contributed by atoms with van der Waals surface area (Å²) in [5.41, 5.74) is -1.08. The van der Waals surface area contributed by atoms with Crippen LogP contribution in [0.15, 0.2) is 30.3 Å². The lowest BCUT2D eigenvalue weighted by Gasteiger charge is -2.22. The summed E-state index contributed by atoms with van der Waals surface area (Å²) < 4.78 is 51.9. The zero-order valence-corrected chi connectivity index (χ0v) is 13.3. The van der Waals surface area contributed by atoms with Gasteiger partial charge in [0.1, 0.15) is 11.5 Å². The Morgan fingerprint density at radius 2 is 2.00 bits per heavy atom. The van der Waals surface area contributed by atoms with E-state index in [0.29, 0.717) is 24.1 Å². The lowest BCUT2D eigenvalue weighted by Crippen LogP contribution is -2.32. The van der Waals surface area contributed by atoms with Gasteiger partial charge in [0, 0.05) is 24.7 Å². The van der Waals surface area contributed by atoms with E-state index in [4.69, 9.17) is 0 Å². The maximum Gasteiger partial charge on any atom is 0.432 e. The number of rotatable bonds is 6. The fourth-order valence-corrected chi connectivity index (χ4v) is 2.57. The van der Waals surface area contributed by atoms with Gasteiger partial charge >= 0.3 is 6.18 Å². The number of alkyl halides is 3. The van der Waals surface area contributed by atoms with Crippen LogP contribution in [0.2, 0.25) is 0 Å². The summed E-state index contributed by atoms with van der Waals surface area (Å²) in [4.78, 5) is 13.9. The van der Waals surface area contributed by atoms with Crippen LogP contribution >= 0.6 is 0 Å². The number of halogens is 4. The molecule has 0 aliphatic heterocycles. The number of hydrogen-bond acceptors (Lipinski definition) is 2. The van der Waals surface area contributed by atoms with Gasteiger partial charge in [0.2, 0.25) is 0 Å². The zero-order valence-electron chi connectivity index (χ0n) is 13.3. The number of hydrogen-bond donors (Lipinski definition) is 1. The summed E-state index contributed by atoms with van der Waals surface area (Å²) in [5, 5.41) is 5.32. The van der Waals surface area contributed by atoms with Crippen LogP contribution in [-0.4, -0.2) is 27.5 Å². The second-order valence-electron chi connectivity index (χ2n) is 6.21. The number of carbonyl (C=O) groups excluding carboxylic acids is 1. The Morgan fingerprint density at radius 3 is 2.60 bits per heavy atom. The quantitative estimate of drug-likeness (QED) is 0.796. The Bertz CT molecular complexity index is 752. The first-order valence-corrected chi connectivity index (χ1v) is 8.00. The minimum absolute atomic E-state index is 0.00750. The van der Waals surface area contributed by atoms with E-state index < -0.39 is 23.6 Å². The first-order valence-electron chi connectivity index (χ1n) is 8.00. The molecule has 0 atom stereocenters. The molecule has 134 valence electrons. The molecule has 0 bridgehead atoms. The smallest absolute Gasteiger partial charge is 0.333 e. The van der Waals surface area contributed by atoms with Crippen LogP contribution in [-0.2, 0) is 12.7 Å². The number of H-pyrrole nitrogens is 1. The molecule has 3 rings (SSSR count). The molecule has 1 aromatic carbocycles. The molecule has 0 saturated heterocycles. The SMILES string of the molecule is O=C(c1cc(C(F)(F)F)[nH]n1)N(CCC1CC1)Cc1ccccc1F. The number of nitrogens with zero attached hydrogens (tertiary/aromatic N) is 2. The Labute approximate surface area is 141 Å². The molecule has 1 amide bonds. The Hall–Kier alpha value is -2.38. The molecular formula is C17H17F4N3O. The Balaban J connectivity index is 1.78. The monoisotopic (exact) mass is 355 g/mol.